The summed E-state index contributed by atoms with van der Waals surface area (Å²) in [5, 5.41) is 16.4. The monoisotopic (exact) mass is 449 g/mol. The lowest BCUT2D eigenvalue weighted by Crippen LogP contribution is -2.67. The molecule has 1 heterocycles. The lowest BCUT2D eigenvalue weighted by molar-refractivity contribution is -0.0788. The summed E-state index contributed by atoms with van der Waals surface area (Å²) in [6.07, 6.45) is 2.08. The Balaban J connectivity index is 1.72. The highest BCUT2D eigenvalue weighted by molar-refractivity contribution is 6.01. The molecule has 0 saturated carbocycles. The van der Waals surface area contributed by atoms with E-state index in [0.29, 0.717) is 18.0 Å². The number of hydrogen-bond acceptors (Lipinski definition) is 4. The van der Waals surface area contributed by atoms with Gasteiger partial charge in [0.1, 0.15) is 11.4 Å². The molecular weight excluding hydrogens is 419 g/mol. The average Bonchev–Trinajstić information content (AvgIpc) is 2.74. The number of amides is 1. The Morgan fingerprint density at radius 1 is 1.12 bits per heavy atom. The summed E-state index contributed by atoms with van der Waals surface area (Å²) >= 11 is 0. The minimum absolute atomic E-state index is 0.0685. The first-order valence-corrected chi connectivity index (χ1v) is 10.9. The zero-order valence-electron chi connectivity index (χ0n) is 18.6. The van der Waals surface area contributed by atoms with Gasteiger partial charge in [0.05, 0.1) is 30.0 Å². The minimum Gasteiger partial charge on any atom is -0.385 e. The van der Waals surface area contributed by atoms with Gasteiger partial charge in [0.25, 0.3) is 5.91 Å². The zero-order valence-corrected chi connectivity index (χ0v) is 18.6. The van der Waals surface area contributed by atoms with Crippen LogP contribution in [-0.2, 0) is 0 Å². The topological polar surface area (TPSA) is 64.6 Å². The SMILES string of the molecule is CCC(CC)CNCC1(O)CN(C(=O)c2ccc(F)c(F)c2Nc2ccc(C)cc2F)C1. The van der Waals surface area contributed by atoms with Crippen LogP contribution in [0.3, 0.4) is 0 Å². The first kappa shape index (κ1) is 24.1. The number of nitrogens with one attached hydrogen (secondary N) is 2. The van der Waals surface area contributed by atoms with Crippen LogP contribution < -0.4 is 10.6 Å². The Bertz CT molecular complexity index is 973. The number of aliphatic hydroxyl groups is 1. The van der Waals surface area contributed by atoms with Gasteiger partial charge in [0.15, 0.2) is 11.6 Å². The largest absolute Gasteiger partial charge is 0.385 e. The molecule has 3 rings (SSSR count). The van der Waals surface area contributed by atoms with Gasteiger partial charge in [-0.15, -0.1) is 0 Å². The van der Waals surface area contributed by atoms with Crippen LogP contribution in [0.1, 0.15) is 42.6 Å². The van der Waals surface area contributed by atoms with E-state index in [1.54, 1.807) is 13.0 Å². The molecule has 3 N–H and O–H groups in total. The molecule has 5 nitrogen and oxygen atoms in total. The molecule has 1 fully saturated rings. The molecule has 0 unspecified atom stereocenters. The van der Waals surface area contributed by atoms with Crippen molar-refractivity contribution in [3.05, 3.63) is 58.9 Å². The molecule has 8 heteroatoms. The number of carbonyl (C=O) groups is 1. The Labute approximate surface area is 186 Å². The number of benzene rings is 2. The van der Waals surface area contributed by atoms with E-state index in [4.69, 9.17) is 0 Å². The first-order chi connectivity index (χ1) is 15.2. The van der Waals surface area contributed by atoms with E-state index in [9.17, 15) is 23.1 Å². The van der Waals surface area contributed by atoms with Crippen molar-refractivity contribution in [1.82, 2.24) is 10.2 Å². The Kier molecular flexibility index (Phi) is 7.46. The van der Waals surface area contributed by atoms with E-state index < -0.39 is 34.6 Å². The number of carbonyl (C=O) groups excluding carboxylic acids is 1. The molecule has 1 amide bonds. The van der Waals surface area contributed by atoms with Crippen molar-refractivity contribution in [1.29, 1.82) is 0 Å². The van der Waals surface area contributed by atoms with Gasteiger partial charge in [0.2, 0.25) is 0 Å². The van der Waals surface area contributed by atoms with Crippen LogP contribution in [0.2, 0.25) is 0 Å². The number of hydrogen-bond donors (Lipinski definition) is 3. The summed E-state index contributed by atoms with van der Waals surface area (Å²) in [6.45, 7) is 7.19. The van der Waals surface area contributed by atoms with E-state index in [1.807, 2.05) is 0 Å². The number of halogens is 3. The molecular formula is C24H30F3N3O2. The van der Waals surface area contributed by atoms with Crippen molar-refractivity contribution < 1.29 is 23.1 Å². The molecule has 1 aliphatic heterocycles. The number of nitrogens with zero attached hydrogens (tertiary/aromatic N) is 1. The Morgan fingerprint density at radius 3 is 2.44 bits per heavy atom. The summed E-state index contributed by atoms with van der Waals surface area (Å²) < 4.78 is 42.7. The standard InChI is InChI=1S/C24H30F3N3O2/c1-4-16(5-2)11-28-12-24(32)13-30(14-24)23(31)17-7-8-18(25)21(27)22(17)29-20-9-6-15(3)10-19(20)26/h6-10,16,28-29,32H,4-5,11-14H2,1-3H3. The summed E-state index contributed by atoms with van der Waals surface area (Å²) in [6, 6.07) is 6.30. The number of likely N-dealkylation sites (tertiary alicyclic amines) is 1. The number of β-amino-alcohol motifs (C(OH)–C–C–N with tert-alkyl or cyclic N) is 1. The van der Waals surface area contributed by atoms with E-state index in [2.05, 4.69) is 24.5 Å². The third-order valence-electron chi connectivity index (χ3n) is 6.01. The lowest BCUT2D eigenvalue weighted by atomic mass is 9.92. The molecule has 2 aromatic carbocycles. The van der Waals surface area contributed by atoms with Gasteiger partial charge in [-0.05, 0) is 49.2 Å². The summed E-state index contributed by atoms with van der Waals surface area (Å²) in [5.41, 5.74) is -1.03. The van der Waals surface area contributed by atoms with Crippen molar-refractivity contribution in [2.24, 2.45) is 5.92 Å². The quantitative estimate of drug-likeness (QED) is 0.532. The lowest BCUT2D eigenvalue weighted by Gasteiger charge is -2.46. The van der Waals surface area contributed by atoms with E-state index in [1.165, 1.54) is 17.0 Å². The van der Waals surface area contributed by atoms with Gasteiger partial charge < -0.3 is 20.6 Å². The zero-order chi connectivity index (χ0) is 23.5. The number of anilines is 2. The molecule has 2 aromatic rings. The van der Waals surface area contributed by atoms with Crippen LogP contribution in [-0.4, -0.2) is 47.7 Å². The average molecular weight is 450 g/mol. The molecule has 174 valence electrons. The predicted octanol–water partition coefficient (Wildman–Crippen LogP) is 4.37. The fraction of sp³-hybridized carbons (Fsp3) is 0.458. The van der Waals surface area contributed by atoms with Gasteiger partial charge in [-0.2, -0.15) is 0 Å². The van der Waals surface area contributed by atoms with Crippen LogP contribution in [0.4, 0.5) is 24.5 Å². The summed E-state index contributed by atoms with van der Waals surface area (Å²) in [7, 11) is 0. The van der Waals surface area contributed by atoms with Gasteiger partial charge >= 0.3 is 0 Å². The van der Waals surface area contributed by atoms with E-state index in [0.717, 1.165) is 31.5 Å². The van der Waals surface area contributed by atoms with E-state index in [-0.39, 0.29) is 24.3 Å². The second-order valence-electron chi connectivity index (χ2n) is 8.59. The second kappa shape index (κ2) is 9.92. The molecule has 0 aromatic heterocycles. The smallest absolute Gasteiger partial charge is 0.256 e. The Hall–Kier alpha value is -2.58. The molecule has 32 heavy (non-hydrogen) atoms. The molecule has 0 aliphatic carbocycles. The highest BCUT2D eigenvalue weighted by atomic mass is 19.2. The van der Waals surface area contributed by atoms with Gasteiger partial charge in [0, 0.05) is 6.54 Å². The molecule has 0 spiro atoms. The van der Waals surface area contributed by atoms with Gasteiger partial charge in [-0.3, -0.25) is 4.79 Å². The summed E-state index contributed by atoms with van der Waals surface area (Å²) in [5.74, 6) is -3.10. The van der Waals surface area contributed by atoms with Crippen molar-refractivity contribution in [3.63, 3.8) is 0 Å². The highest BCUT2D eigenvalue weighted by Gasteiger charge is 2.44. The maximum absolute atomic E-state index is 14.6. The molecule has 0 radical (unpaired) electrons. The van der Waals surface area contributed by atoms with Crippen LogP contribution in [0.25, 0.3) is 0 Å². The predicted molar refractivity (Wildman–Crippen MR) is 119 cm³/mol. The van der Waals surface area contributed by atoms with E-state index >= 15 is 0 Å². The third kappa shape index (κ3) is 5.24. The number of rotatable bonds is 9. The summed E-state index contributed by atoms with van der Waals surface area (Å²) in [4.78, 5) is 14.3. The van der Waals surface area contributed by atoms with Crippen molar-refractivity contribution in [2.45, 2.75) is 39.2 Å². The fourth-order valence-electron chi connectivity index (χ4n) is 3.88. The maximum atomic E-state index is 14.6. The van der Waals surface area contributed by atoms with Crippen molar-refractivity contribution in [3.8, 4) is 0 Å². The van der Waals surface area contributed by atoms with Crippen molar-refractivity contribution in [2.75, 3.05) is 31.5 Å². The number of aryl methyl sites for hydroxylation is 1. The molecule has 0 atom stereocenters. The van der Waals surface area contributed by atoms with Gasteiger partial charge in [-0.1, -0.05) is 32.8 Å². The minimum atomic E-state index is -1.27. The van der Waals surface area contributed by atoms with Crippen LogP contribution >= 0.6 is 0 Å². The molecule has 1 saturated heterocycles. The van der Waals surface area contributed by atoms with Gasteiger partial charge in [-0.25, -0.2) is 13.2 Å². The van der Waals surface area contributed by atoms with Crippen molar-refractivity contribution >= 4 is 17.3 Å². The van der Waals surface area contributed by atoms with Crippen LogP contribution in [0, 0.1) is 30.3 Å². The molecule has 0 bridgehead atoms. The van der Waals surface area contributed by atoms with Crippen LogP contribution in [0.5, 0.6) is 0 Å². The normalized spacial score (nSPS) is 15.1. The molecule has 1 aliphatic rings. The maximum Gasteiger partial charge on any atom is 0.256 e. The second-order valence-corrected chi connectivity index (χ2v) is 8.59. The highest BCUT2D eigenvalue weighted by Crippen LogP contribution is 2.31. The first-order valence-electron chi connectivity index (χ1n) is 10.9. The fourth-order valence-corrected chi connectivity index (χ4v) is 3.88. The third-order valence-corrected chi connectivity index (χ3v) is 6.01. The Morgan fingerprint density at radius 2 is 1.81 bits per heavy atom. The van der Waals surface area contributed by atoms with Crippen LogP contribution in [0.15, 0.2) is 30.3 Å².